The summed E-state index contributed by atoms with van der Waals surface area (Å²) in [6.07, 6.45) is -4.02. The zero-order valence-corrected chi connectivity index (χ0v) is 27.6. The summed E-state index contributed by atoms with van der Waals surface area (Å²) < 4.78 is 38.7. The first kappa shape index (κ1) is 25.5. The second-order valence-corrected chi connectivity index (χ2v) is 13.1. The van der Waals surface area contributed by atoms with Crippen LogP contribution in [0.4, 0.5) is 0 Å². The molecular weight excluding hydrogens is 619 g/mol. The molecule has 0 saturated carbocycles. The molecule has 0 radical (unpaired) electrons. The van der Waals surface area contributed by atoms with Gasteiger partial charge in [-0.05, 0) is 86.6 Å². The molecule has 0 unspecified atom stereocenters. The van der Waals surface area contributed by atoms with E-state index in [0.717, 1.165) is 50.1 Å². The Morgan fingerprint density at radius 2 is 0.784 bits per heavy atom. The number of nitrogens with zero attached hydrogens (tertiary/aromatic N) is 3. The van der Waals surface area contributed by atoms with Crippen LogP contribution in [0.15, 0.2) is 176 Å². The van der Waals surface area contributed by atoms with Crippen LogP contribution in [0.1, 0.15) is 27.7 Å². The first-order chi connectivity index (χ1) is 26.8. The molecule has 3 nitrogen and oxygen atoms in total. The van der Waals surface area contributed by atoms with E-state index >= 15 is 0 Å². The van der Waals surface area contributed by atoms with Gasteiger partial charge in [-0.3, -0.25) is 0 Å². The Morgan fingerprint density at radius 3 is 1.39 bits per heavy atom. The number of aromatic nitrogens is 3. The van der Waals surface area contributed by atoms with Gasteiger partial charge in [-0.15, -0.1) is 0 Å². The van der Waals surface area contributed by atoms with Gasteiger partial charge in [0.25, 0.3) is 0 Å². The standard InChI is InChI=1S/C48H33N3/c1-3-13-32(14-4-1)45-49-46(33-15-5-2-6-16-33)51-47(50-45)38-22-12-21-36(28-38)34-19-11-20-35(27-34)37-25-26-42-41-23-9-10-24-43(41)48(44(42)29-37)30-39-17-7-8-18-40(39)31-48/h1-29H,30-31H2/i30D2,31D2. The fourth-order valence-corrected chi connectivity index (χ4v) is 7.52. The highest BCUT2D eigenvalue weighted by atomic mass is 15.0. The largest absolute Gasteiger partial charge is 0.208 e. The first-order valence-corrected chi connectivity index (χ1v) is 17.2. The molecule has 0 atom stereocenters. The van der Waals surface area contributed by atoms with Crippen molar-refractivity contribution < 1.29 is 5.48 Å². The second kappa shape index (κ2) is 11.9. The minimum absolute atomic E-state index is 0.403. The Morgan fingerprint density at radius 1 is 0.353 bits per heavy atom. The van der Waals surface area contributed by atoms with E-state index in [4.69, 9.17) is 15.0 Å². The zero-order chi connectivity index (χ0) is 37.4. The quantitative estimate of drug-likeness (QED) is 0.185. The third-order valence-electron chi connectivity index (χ3n) is 9.97. The zero-order valence-electron chi connectivity index (χ0n) is 31.6. The van der Waals surface area contributed by atoms with E-state index < -0.39 is 18.2 Å². The van der Waals surface area contributed by atoms with Crippen molar-refractivity contribution in [3.63, 3.8) is 0 Å². The molecule has 0 aliphatic heterocycles. The highest BCUT2D eigenvalue weighted by Gasteiger charge is 2.46. The summed E-state index contributed by atoms with van der Waals surface area (Å²) in [6, 6.07) is 57.4. The van der Waals surface area contributed by atoms with Gasteiger partial charge in [0.2, 0.25) is 0 Å². The van der Waals surface area contributed by atoms with Crippen LogP contribution in [0, 0.1) is 0 Å². The summed E-state index contributed by atoms with van der Waals surface area (Å²) in [4.78, 5) is 14.7. The van der Waals surface area contributed by atoms with Crippen LogP contribution < -0.4 is 0 Å². The third kappa shape index (κ3) is 5.01. The summed E-state index contributed by atoms with van der Waals surface area (Å²) in [5, 5.41) is 0. The number of hydrogen-bond donors (Lipinski definition) is 0. The average Bonchev–Trinajstić information content (AvgIpc) is 3.62. The van der Waals surface area contributed by atoms with Crippen LogP contribution in [0.5, 0.6) is 0 Å². The van der Waals surface area contributed by atoms with Crippen LogP contribution in [0.3, 0.4) is 0 Å². The molecule has 0 N–H and O–H groups in total. The van der Waals surface area contributed by atoms with Gasteiger partial charge in [0.15, 0.2) is 17.5 Å². The van der Waals surface area contributed by atoms with Crippen molar-refractivity contribution in [3.05, 3.63) is 198 Å². The van der Waals surface area contributed by atoms with Crippen molar-refractivity contribution in [1.82, 2.24) is 15.0 Å². The Bertz CT molecular complexity index is 2690. The van der Waals surface area contributed by atoms with Gasteiger partial charge in [0.05, 0.1) is 0 Å². The second-order valence-electron chi connectivity index (χ2n) is 13.1. The van der Waals surface area contributed by atoms with E-state index in [1.807, 2.05) is 115 Å². The van der Waals surface area contributed by atoms with Gasteiger partial charge < -0.3 is 0 Å². The fraction of sp³-hybridized carbons (Fsp3) is 0.0625. The Hall–Kier alpha value is -6.45. The van der Waals surface area contributed by atoms with E-state index in [2.05, 4.69) is 36.4 Å². The topological polar surface area (TPSA) is 38.7 Å². The molecule has 2 aliphatic carbocycles. The molecule has 1 heterocycles. The SMILES string of the molecule is [2H]C1([2H])c2ccccc2C([2H])([2H])C12c1ccccc1-c1ccc(-c3cccc(-c4cccc(-c5nc(-c6ccccc6)nc(-c6ccccc6)n5)c4)c3)cc12. The van der Waals surface area contributed by atoms with Gasteiger partial charge in [0, 0.05) is 27.6 Å². The molecule has 0 bridgehead atoms. The average molecular weight is 656 g/mol. The monoisotopic (exact) mass is 655 g/mol. The van der Waals surface area contributed by atoms with E-state index in [-0.39, 0.29) is 0 Å². The number of rotatable bonds is 5. The lowest BCUT2D eigenvalue weighted by Gasteiger charge is -2.27. The maximum atomic E-state index is 9.68. The minimum Gasteiger partial charge on any atom is -0.208 e. The first-order valence-electron chi connectivity index (χ1n) is 19.2. The third-order valence-corrected chi connectivity index (χ3v) is 9.97. The molecule has 7 aromatic carbocycles. The molecule has 1 spiro atoms. The molecule has 10 rings (SSSR count). The number of benzene rings is 7. The van der Waals surface area contributed by atoms with Crippen molar-refractivity contribution in [2.24, 2.45) is 0 Å². The van der Waals surface area contributed by atoms with Gasteiger partial charge in [-0.25, -0.2) is 15.0 Å². The number of hydrogen-bond acceptors (Lipinski definition) is 3. The van der Waals surface area contributed by atoms with Crippen LogP contribution >= 0.6 is 0 Å². The molecule has 0 fully saturated rings. The van der Waals surface area contributed by atoms with Crippen molar-refractivity contribution >= 4 is 0 Å². The molecular formula is C48H33N3. The maximum absolute atomic E-state index is 9.68. The van der Waals surface area contributed by atoms with Crippen molar-refractivity contribution in [2.75, 3.05) is 0 Å². The lowest BCUT2D eigenvalue weighted by Crippen LogP contribution is -2.25. The summed E-state index contributed by atoms with van der Waals surface area (Å²) >= 11 is 0. The van der Waals surface area contributed by atoms with Crippen LogP contribution in [-0.4, -0.2) is 15.0 Å². The van der Waals surface area contributed by atoms with Crippen molar-refractivity contribution in [3.8, 4) is 67.5 Å². The van der Waals surface area contributed by atoms with E-state index in [0.29, 0.717) is 39.7 Å². The van der Waals surface area contributed by atoms with Crippen molar-refractivity contribution in [2.45, 2.75) is 18.2 Å². The van der Waals surface area contributed by atoms with Gasteiger partial charge >= 0.3 is 0 Å². The molecule has 240 valence electrons. The predicted molar refractivity (Wildman–Crippen MR) is 207 cm³/mol. The molecule has 51 heavy (non-hydrogen) atoms. The lowest BCUT2D eigenvalue weighted by molar-refractivity contribution is 0.564. The molecule has 8 aromatic rings. The molecule has 2 aliphatic rings. The molecule has 0 amide bonds. The van der Waals surface area contributed by atoms with Crippen LogP contribution in [0.2, 0.25) is 0 Å². The minimum atomic E-state index is -2.01. The Labute approximate surface area is 303 Å². The predicted octanol–water partition coefficient (Wildman–Crippen LogP) is 11.3. The highest BCUT2D eigenvalue weighted by molar-refractivity contribution is 5.86. The smallest absolute Gasteiger partial charge is 0.164 e. The lowest BCUT2D eigenvalue weighted by atomic mass is 9.75. The molecule has 3 heteroatoms. The van der Waals surface area contributed by atoms with Gasteiger partial charge in [-0.2, -0.15) is 0 Å². The van der Waals surface area contributed by atoms with E-state index in [1.54, 1.807) is 24.3 Å². The maximum Gasteiger partial charge on any atom is 0.164 e. The van der Waals surface area contributed by atoms with Crippen LogP contribution in [-0.2, 0) is 18.2 Å². The molecule has 1 aromatic heterocycles. The van der Waals surface area contributed by atoms with E-state index in [9.17, 15) is 5.48 Å². The summed E-state index contributed by atoms with van der Waals surface area (Å²) in [7, 11) is 0. The Kier molecular flexibility index (Phi) is 5.93. The Balaban J connectivity index is 1.08. The molecule has 0 saturated heterocycles. The number of fused-ring (bicyclic) bond motifs is 6. The highest BCUT2D eigenvalue weighted by Crippen LogP contribution is 2.56. The van der Waals surface area contributed by atoms with Gasteiger partial charge in [0.1, 0.15) is 0 Å². The van der Waals surface area contributed by atoms with E-state index in [1.165, 1.54) is 0 Å². The van der Waals surface area contributed by atoms with Crippen LogP contribution in [0.25, 0.3) is 67.5 Å². The normalized spacial score (nSPS) is 16.6. The summed E-state index contributed by atoms with van der Waals surface area (Å²) in [6.45, 7) is 0. The van der Waals surface area contributed by atoms with Crippen molar-refractivity contribution in [1.29, 1.82) is 0 Å². The summed E-state index contributed by atoms with van der Waals surface area (Å²) in [5.41, 5.74) is 8.85. The fourth-order valence-electron chi connectivity index (χ4n) is 7.52. The summed E-state index contributed by atoms with van der Waals surface area (Å²) in [5.74, 6) is 1.79. The van der Waals surface area contributed by atoms with Gasteiger partial charge in [-0.1, -0.05) is 158 Å².